The van der Waals surface area contributed by atoms with E-state index >= 15 is 0 Å². The van der Waals surface area contributed by atoms with Crippen LogP contribution < -0.4 is 10.5 Å². The van der Waals surface area contributed by atoms with Crippen LogP contribution in [0.25, 0.3) is 0 Å². The van der Waals surface area contributed by atoms with Gasteiger partial charge in [0, 0.05) is 25.9 Å². The maximum Gasteiger partial charge on any atom is 0.227 e. The molecule has 1 aromatic carbocycles. The highest BCUT2D eigenvalue weighted by Crippen LogP contribution is 2.15. The van der Waals surface area contributed by atoms with E-state index in [9.17, 15) is 0 Å². The SMILES string of the molecule is CN=C(OC(=N)Cc1ccc(OCc2ccccn2)cc1)c1cccnc1N. The lowest BCUT2D eigenvalue weighted by molar-refractivity contribution is 0.301. The molecule has 0 saturated carbocycles. The molecule has 0 aliphatic carbocycles. The fraction of sp³-hybridized carbons (Fsp3) is 0.143. The smallest absolute Gasteiger partial charge is 0.227 e. The van der Waals surface area contributed by atoms with Gasteiger partial charge >= 0.3 is 0 Å². The number of nitrogens with two attached hydrogens (primary N) is 1. The molecule has 0 saturated heterocycles. The topological polar surface area (TPSA) is 106 Å². The van der Waals surface area contributed by atoms with E-state index in [0.717, 1.165) is 17.0 Å². The fourth-order valence-corrected chi connectivity index (χ4v) is 2.50. The molecule has 7 nitrogen and oxygen atoms in total. The first kappa shape index (κ1) is 19.0. The Morgan fingerprint density at radius 2 is 1.82 bits per heavy atom. The third-order valence-corrected chi connectivity index (χ3v) is 3.89. The van der Waals surface area contributed by atoms with Crippen molar-refractivity contribution in [3.05, 3.63) is 83.8 Å². The van der Waals surface area contributed by atoms with Crippen molar-refractivity contribution in [3.8, 4) is 5.75 Å². The predicted octanol–water partition coefficient (Wildman–Crippen LogP) is 3.25. The Kier molecular flexibility index (Phi) is 6.30. The van der Waals surface area contributed by atoms with Crippen molar-refractivity contribution in [2.75, 3.05) is 12.8 Å². The van der Waals surface area contributed by atoms with Gasteiger partial charge in [-0.3, -0.25) is 15.4 Å². The van der Waals surface area contributed by atoms with Crippen molar-refractivity contribution in [2.45, 2.75) is 13.0 Å². The number of benzene rings is 1. The molecule has 2 aromatic heterocycles. The summed E-state index contributed by atoms with van der Waals surface area (Å²) in [6.45, 7) is 0.405. The van der Waals surface area contributed by atoms with Crippen molar-refractivity contribution in [3.63, 3.8) is 0 Å². The minimum absolute atomic E-state index is 0.0611. The van der Waals surface area contributed by atoms with Crippen molar-refractivity contribution in [1.29, 1.82) is 5.41 Å². The molecule has 28 heavy (non-hydrogen) atoms. The average molecular weight is 375 g/mol. The van der Waals surface area contributed by atoms with E-state index in [1.54, 1.807) is 31.6 Å². The zero-order chi connectivity index (χ0) is 19.8. The average Bonchev–Trinajstić information content (AvgIpc) is 2.73. The summed E-state index contributed by atoms with van der Waals surface area (Å²) < 4.78 is 11.3. The normalized spacial score (nSPS) is 11.1. The number of pyridine rings is 2. The predicted molar refractivity (Wildman–Crippen MR) is 109 cm³/mol. The van der Waals surface area contributed by atoms with E-state index in [1.807, 2.05) is 42.5 Å². The first-order valence-corrected chi connectivity index (χ1v) is 8.70. The van der Waals surface area contributed by atoms with Crippen LogP contribution in [0.3, 0.4) is 0 Å². The number of hydrogen-bond donors (Lipinski definition) is 2. The molecule has 3 N–H and O–H groups in total. The molecule has 0 radical (unpaired) electrons. The monoisotopic (exact) mass is 375 g/mol. The summed E-state index contributed by atoms with van der Waals surface area (Å²) in [4.78, 5) is 12.3. The summed E-state index contributed by atoms with van der Waals surface area (Å²) in [6, 6.07) is 16.7. The van der Waals surface area contributed by atoms with Crippen LogP contribution >= 0.6 is 0 Å². The van der Waals surface area contributed by atoms with Gasteiger partial charge in [-0.1, -0.05) is 18.2 Å². The fourth-order valence-electron chi connectivity index (χ4n) is 2.50. The third-order valence-electron chi connectivity index (χ3n) is 3.89. The lowest BCUT2D eigenvalue weighted by Crippen LogP contribution is -2.17. The number of hydrogen-bond acceptors (Lipinski definition) is 7. The van der Waals surface area contributed by atoms with Crippen molar-refractivity contribution in [2.24, 2.45) is 4.99 Å². The Morgan fingerprint density at radius 3 is 2.50 bits per heavy atom. The molecule has 0 unspecified atom stereocenters. The van der Waals surface area contributed by atoms with Gasteiger partial charge < -0.3 is 15.2 Å². The van der Waals surface area contributed by atoms with Crippen LogP contribution in [-0.4, -0.2) is 28.8 Å². The molecule has 142 valence electrons. The summed E-state index contributed by atoms with van der Waals surface area (Å²) in [5, 5.41) is 8.12. The van der Waals surface area contributed by atoms with Gasteiger partial charge in [0.15, 0.2) is 5.90 Å². The molecule has 0 aliphatic rings. The molecule has 3 aromatic rings. The van der Waals surface area contributed by atoms with E-state index in [-0.39, 0.29) is 11.8 Å². The minimum atomic E-state index is 0.0611. The van der Waals surface area contributed by atoms with E-state index in [4.69, 9.17) is 20.6 Å². The molecular formula is C21H21N5O2. The standard InChI is InChI=1S/C21H21N5O2/c1-24-21(18-6-4-12-26-20(18)23)28-19(22)13-15-7-9-17(10-8-15)27-14-16-5-2-3-11-25-16/h2-12,22H,13-14H2,1H3,(H2,23,26). The second-order valence-electron chi connectivity index (χ2n) is 5.92. The first-order chi connectivity index (χ1) is 13.7. The largest absolute Gasteiger partial charge is 0.487 e. The van der Waals surface area contributed by atoms with Crippen LogP contribution in [0, 0.1) is 5.41 Å². The van der Waals surface area contributed by atoms with E-state index in [1.165, 1.54) is 0 Å². The summed E-state index contributed by atoms with van der Waals surface area (Å²) in [6.07, 6.45) is 3.65. The van der Waals surface area contributed by atoms with E-state index < -0.39 is 0 Å². The summed E-state index contributed by atoms with van der Waals surface area (Å²) in [5.74, 6) is 1.38. The van der Waals surface area contributed by atoms with Gasteiger partial charge in [0.05, 0.1) is 11.3 Å². The Morgan fingerprint density at radius 1 is 1.04 bits per heavy atom. The van der Waals surface area contributed by atoms with Crippen LogP contribution in [0.5, 0.6) is 5.75 Å². The second kappa shape index (κ2) is 9.27. The Bertz CT molecular complexity index is 956. The number of anilines is 1. The van der Waals surface area contributed by atoms with Gasteiger partial charge in [-0.05, 0) is 42.0 Å². The second-order valence-corrected chi connectivity index (χ2v) is 5.92. The molecule has 0 fully saturated rings. The first-order valence-electron chi connectivity index (χ1n) is 8.70. The van der Waals surface area contributed by atoms with Crippen molar-refractivity contribution >= 4 is 17.6 Å². The zero-order valence-electron chi connectivity index (χ0n) is 15.5. The number of nitrogen functional groups attached to an aromatic ring is 1. The number of aliphatic imine (C=N–C) groups is 1. The number of rotatable bonds is 6. The molecule has 0 bridgehead atoms. The summed E-state index contributed by atoms with van der Waals surface area (Å²) >= 11 is 0. The van der Waals surface area contributed by atoms with Gasteiger partial charge in [0.1, 0.15) is 18.2 Å². The van der Waals surface area contributed by atoms with E-state index in [0.29, 0.717) is 24.4 Å². The number of nitrogens with one attached hydrogen (secondary N) is 1. The highest BCUT2D eigenvalue weighted by Gasteiger charge is 2.12. The molecule has 3 rings (SSSR count). The number of ether oxygens (including phenoxy) is 2. The van der Waals surface area contributed by atoms with Crippen molar-refractivity contribution < 1.29 is 9.47 Å². The minimum Gasteiger partial charge on any atom is -0.487 e. The molecule has 0 atom stereocenters. The zero-order valence-corrected chi connectivity index (χ0v) is 15.5. The molecule has 0 aliphatic heterocycles. The lowest BCUT2D eigenvalue weighted by atomic mass is 10.1. The van der Waals surface area contributed by atoms with Crippen molar-refractivity contribution in [1.82, 2.24) is 9.97 Å². The Labute approximate surface area is 163 Å². The molecule has 0 amide bonds. The maximum atomic E-state index is 8.12. The van der Waals surface area contributed by atoms with Gasteiger partial charge in [-0.2, -0.15) is 0 Å². The van der Waals surface area contributed by atoms with Crippen LogP contribution in [0.1, 0.15) is 16.8 Å². The summed E-state index contributed by atoms with van der Waals surface area (Å²) in [7, 11) is 1.59. The quantitative estimate of drug-likeness (QED) is 0.508. The van der Waals surface area contributed by atoms with Crippen LogP contribution in [0.15, 0.2) is 72.0 Å². The molecule has 2 heterocycles. The third kappa shape index (κ3) is 5.14. The highest BCUT2D eigenvalue weighted by molar-refractivity contribution is 6.04. The lowest BCUT2D eigenvalue weighted by Gasteiger charge is -2.11. The number of aromatic nitrogens is 2. The van der Waals surface area contributed by atoms with Gasteiger partial charge in [-0.15, -0.1) is 0 Å². The maximum absolute atomic E-state index is 8.12. The Balaban J connectivity index is 1.56. The van der Waals surface area contributed by atoms with Gasteiger partial charge in [0.25, 0.3) is 0 Å². The van der Waals surface area contributed by atoms with E-state index in [2.05, 4.69) is 15.0 Å². The molecule has 0 spiro atoms. The number of nitrogens with zero attached hydrogens (tertiary/aromatic N) is 3. The molecular weight excluding hydrogens is 354 g/mol. The highest BCUT2D eigenvalue weighted by atomic mass is 16.5. The molecule has 7 heteroatoms. The van der Waals surface area contributed by atoms with Gasteiger partial charge in [0.2, 0.25) is 5.90 Å². The van der Waals surface area contributed by atoms with Crippen LogP contribution in [0.4, 0.5) is 5.82 Å². The van der Waals surface area contributed by atoms with Crippen LogP contribution in [-0.2, 0) is 17.8 Å². The van der Waals surface area contributed by atoms with Gasteiger partial charge in [-0.25, -0.2) is 4.98 Å². The Hall–Kier alpha value is -3.74. The van der Waals surface area contributed by atoms with Crippen LogP contribution in [0.2, 0.25) is 0 Å². The summed E-state index contributed by atoms with van der Waals surface area (Å²) in [5.41, 5.74) is 8.20.